The van der Waals surface area contributed by atoms with Crippen molar-refractivity contribution in [2.45, 2.75) is 6.92 Å². The minimum absolute atomic E-state index is 0.507. The summed E-state index contributed by atoms with van der Waals surface area (Å²) in [6, 6.07) is 5.64. The molecular formula is C15H11BrN4O. The average molecular weight is 343 g/mol. The van der Waals surface area contributed by atoms with E-state index >= 15 is 0 Å². The van der Waals surface area contributed by atoms with Crippen LogP contribution in [0.3, 0.4) is 0 Å². The van der Waals surface area contributed by atoms with E-state index in [0.29, 0.717) is 17.1 Å². The van der Waals surface area contributed by atoms with Crippen LogP contribution in [0.15, 0.2) is 47.5 Å². The monoisotopic (exact) mass is 342 g/mol. The smallest absolute Gasteiger partial charge is 0.153 e. The summed E-state index contributed by atoms with van der Waals surface area (Å²) in [6.07, 6.45) is 7.60. The maximum absolute atomic E-state index is 11.3. The first-order chi connectivity index (χ1) is 10.2. The normalized spacial score (nSPS) is 10.6. The number of rotatable bonds is 3. The zero-order valence-electron chi connectivity index (χ0n) is 11.2. The Kier molecular flexibility index (Phi) is 3.62. The van der Waals surface area contributed by atoms with Crippen LogP contribution in [0, 0.1) is 6.92 Å². The lowest BCUT2D eigenvalue weighted by atomic mass is 10.1. The van der Waals surface area contributed by atoms with Gasteiger partial charge in [0, 0.05) is 34.8 Å². The molecule has 3 rings (SSSR count). The van der Waals surface area contributed by atoms with Gasteiger partial charge in [0.25, 0.3) is 0 Å². The van der Waals surface area contributed by atoms with Gasteiger partial charge < -0.3 is 0 Å². The van der Waals surface area contributed by atoms with Gasteiger partial charge in [0.2, 0.25) is 0 Å². The second kappa shape index (κ2) is 5.57. The summed E-state index contributed by atoms with van der Waals surface area (Å²) < 4.78 is 2.48. The van der Waals surface area contributed by atoms with E-state index in [1.54, 1.807) is 29.5 Å². The first-order valence-corrected chi connectivity index (χ1v) is 7.05. The molecule has 0 atom stereocenters. The lowest BCUT2D eigenvalue weighted by Crippen LogP contribution is -1.97. The fourth-order valence-corrected chi connectivity index (χ4v) is 2.24. The van der Waals surface area contributed by atoms with Gasteiger partial charge in [-0.15, -0.1) is 0 Å². The van der Waals surface area contributed by atoms with Gasteiger partial charge in [0.05, 0.1) is 5.56 Å². The number of aldehydes is 1. The van der Waals surface area contributed by atoms with Gasteiger partial charge in [-0.1, -0.05) is 0 Å². The number of aryl methyl sites for hydroxylation is 1. The van der Waals surface area contributed by atoms with E-state index in [2.05, 4.69) is 31.0 Å². The predicted octanol–water partition coefficient (Wildman–Crippen LogP) is 3.21. The van der Waals surface area contributed by atoms with Crippen LogP contribution >= 0.6 is 15.9 Å². The number of hydrogen-bond donors (Lipinski definition) is 0. The fraction of sp³-hybridized carbons (Fsp3) is 0.0667. The number of carbonyl (C=O) groups excluding carboxylic acids is 1. The highest BCUT2D eigenvalue weighted by Gasteiger charge is 2.12. The maximum atomic E-state index is 11.3. The first-order valence-electron chi connectivity index (χ1n) is 6.26. The Morgan fingerprint density at radius 2 is 2.10 bits per heavy atom. The number of carbonyl (C=O) groups is 1. The number of nitrogens with zero attached hydrogens (tertiary/aromatic N) is 4. The van der Waals surface area contributed by atoms with Crippen LogP contribution in [0.2, 0.25) is 0 Å². The third-order valence-electron chi connectivity index (χ3n) is 2.96. The van der Waals surface area contributed by atoms with Crippen LogP contribution in [0.25, 0.3) is 17.1 Å². The van der Waals surface area contributed by atoms with Crippen LogP contribution in [-0.2, 0) is 0 Å². The van der Waals surface area contributed by atoms with E-state index in [-0.39, 0.29) is 0 Å². The molecule has 0 aliphatic heterocycles. The van der Waals surface area contributed by atoms with Gasteiger partial charge in [-0.05, 0) is 46.6 Å². The van der Waals surface area contributed by atoms with E-state index < -0.39 is 0 Å². The summed E-state index contributed by atoms with van der Waals surface area (Å²) >= 11 is 3.34. The Labute approximate surface area is 129 Å². The number of hydrogen-bond acceptors (Lipinski definition) is 4. The molecule has 3 aromatic heterocycles. The quantitative estimate of drug-likeness (QED) is 0.685. The lowest BCUT2D eigenvalue weighted by molar-refractivity contribution is 0.112. The third kappa shape index (κ3) is 2.75. The van der Waals surface area contributed by atoms with Gasteiger partial charge in [0.1, 0.15) is 5.69 Å². The largest absolute Gasteiger partial charge is 0.298 e. The zero-order chi connectivity index (χ0) is 14.8. The Hall–Kier alpha value is -2.34. The molecule has 0 amide bonds. The van der Waals surface area contributed by atoms with Gasteiger partial charge in [-0.3, -0.25) is 9.78 Å². The summed E-state index contributed by atoms with van der Waals surface area (Å²) in [4.78, 5) is 19.7. The SMILES string of the molecule is Cc1cncc(-c2nn(-c3ccc(Br)cn3)cc2C=O)c1. The van der Waals surface area contributed by atoms with E-state index in [9.17, 15) is 4.79 Å². The second-order valence-corrected chi connectivity index (χ2v) is 5.50. The molecule has 0 saturated carbocycles. The van der Waals surface area contributed by atoms with Crippen molar-refractivity contribution in [3.05, 3.63) is 58.6 Å². The molecule has 6 heteroatoms. The standard InChI is InChI=1S/C15H11BrN4O/c1-10-4-11(6-17-5-10)15-12(9-21)8-20(19-15)14-3-2-13(16)7-18-14/h2-9H,1H3. The molecule has 0 radical (unpaired) electrons. The van der Waals surface area contributed by atoms with E-state index in [1.807, 2.05) is 25.1 Å². The minimum Gasteiger partial charge on any atom is -0.298 e. The Morgan fingerprint density at radius 3 is 2.76 bits per heavy atom. The molecule has 21 heavy (non-hydrogen) atoms. The average Bonchev–Trinajstić information content (AvgIpc) is 2.92. The molecule has 0 aliphatic carbocycles. The number of pyridine rings is 2. The Morgan fingerprint density at radius 1 is 1.24 bits per heavy atom. The number of aromatic nitrogens is 4. The van der Waals surface area contributed by atoms with E-state index in [4.69, 9.17) is 0 Å². The summed E-state index contributed by atoms with van der Waals surface area (Å²) in [7, 11) is 0. The van der Waals surface area contributed by atoms with Crippen molar-refractivity contribution in [3.63, 3.8) is 0 Å². The van der Waals surface area contributed by atoms with Gasteiger partial charge >= 0.3 is 0 Å². The van der Waals surface area contributed by atoms with Crippen LogP contribution in [0.4, 0.5) is 0 Å². The summed E-state index contributed by atoms with van der Waals surface area (Å²) in [5, 5.41) is 4.46. The second-order valence-electron chi connectivity index (χ2n) is 4.58. The van der Waals surface area contributed by atoms with Gasteiger partial charge in [-0.2, -0.15) is 5.10 Å². The van der Waals surface area contributed by atoms with Crippen molar-refractivity contribution in [3.8, 4) is 17.1 Å². The van der Waals surface area contributed by atoms with Crippen LogP contribution in [0.1, 0.15) is 15.9 Å². The highest BCUT2D eigenvalue weighted by molar-refractivity contribution is 9.10. The van der Waals surface area contributed by atoms with E-state index in [1.165, 1.54) is 0 Å². The molecule has 3 aromatic rings. The van der Waals surface area contributed by atoms with Crippen molar-refractivity contribution < 1.29 is 4.79 Å². The Balaban J connectivity index is 2.10. The predicted molar refractivity (Wildman–Crippen MR) is 82.4 cm³/mol. The van der Waals surface area contributed by atoms with Crippen LogP contribution in [0.5, 0.6) is 0 Å². The first kappa shape index (κ1) is 13.6. The van der Waals surface area contributed by atoms with Crippen molar-refractivity contribution in [2.75, 3.05) is 0 Å². The molecule has 0 unspecified atom stereocenters. The zero-order valence-corrected chi connectivity index (χ0v) is 12.8. The summed E-state index contributed by atoms with van der Waals surface area (Å²) in [5.74, 6) is 0.646. The molecule has 0 aliphatic rings. The minimum atomic E-state index is 0.507. The van der Waals surface area contributed by atoms with Gasteiger partial charge in [0.15, 0.2) is 12.1 Å². The molecule has 0 N–H and O–H groups in total. The lowest BCUT2D eigenvalue weighted by Gasteiger charge is -2.00. The molecule has 0 saturated heterocycles. The van der Waals surface area contributed by atoms with Crippen molar-refractivity contribution in [1.29, 1.82) is 0 Å². The van der Waals surface area contributed by atoms with Crippen molar-refractivity contribution in [2.24, 2.45) is 0 Å². The number of halogens is 1. The Bertz CT molecular complexity index is 796. The topological polar surface area (TPSA) is 60.7 Å². The molecule has 3 heterocycles. The third-order valence-corrected chi connectivity index (χ3v) is 3.43. The molecule has 5 nitrogen and oxygen atoms in total. The fourth-order valence-electron chi connectivity index (χ4n) is 2.00. The molecule has 0 fully saturated rings. The maximum Gasteiger partial charge on any atom is 0.153 e. The van der Waals surface area contributed by atoms with Crippen LogP contribution < -0.4 is 0 Å². The van der Waals surface area contributed by atoms with Crippen molar-refractivity contribution in [1.82, 2.24) is 19.7 Å². The molecule has 0 aromatic carbocycles. The van der Waals surface area contributed by atoms with Crippen LogP contribution in [-0.4, -0.2) is 26.0 Å². The summed E-state index contributed by atoms with van der Waals surface area (Å²) in [6.45, 7) is 1.95. The van der Waals surface area contributed by atoms with Crippen molar-refractivity contribution >= 4 is 22.2 Å². The van der Waals surface area contributed by atoms with Gasteiger partial charge in [-0.25, -0.2) is 9.67 Å². The molecular weight excluding hydrogens is 332 g/mol. The molecule has 104 valence electrons. The summed E-state index contributed by atoms with van der Waals surface area (Å²) in [5.41, 5.74) is 2.94. The highest BCUT2D eigenvalue weighted by Crippen LogP contribution is 2.22. The highest BCUT2D eigenvalue weighted by atomic mass is 79.9. The molecule has 0 bridgehead atoms. The van der Waals surface area contributed by atoms with E-state index in [0.717, 1.165) is 21.9 Å². The molecule has 0 spiro atoms.